The van der Waals surface area contributed by atoms with Crippen LogP contribution in [0.5, 0.6) is 0 Å². The van der Waals surface area contributed by atoms with E-state index < -0.39 is 5.97 Å². The molecule has 0 heterocycles. The molecule has 1 rings (SSSR count). The molecule has 0 spiro atoms. The first kappa shape index (κ1) is 14.3. The highest BCUT2D eigenvalue weighted by Gasteiger charge is 2.08. The van der Waals surface area contributed by atoms with Crippen molar-refractivity contribution in [3.05, 3.63) is 41.6 Å². The second-order valence-corrected chi connectivity index (χ2v) is 3.47. The molecular formula is C13H13N3O3. The van der Waals surface area contributed by atoms with Crippen molar-refractivity contribution in [2.24, 2.45) is 0 Å². The zero-order valence-corrected chi connectivity index (χ0v) is 10.6. The Labute approximate surface area is 110 Å². The minimum atomic E-state index is -0.725. The predicted molar refractivity (Wildman–Crippen MR) is 69.2 cm³/mol. The van der Waals surface area contributed by atoms with Gasteiger partial charge in [0.05, 0.1) is 7.11 Å². The SMILES string of the molecule is CNC(=O)c1cccc(N/C=C(\C#N)C(=O)OC)c1. The van der Waals surface area contributed by atoms with E-state index in [2.05, 4.69) is 15.4 Å². The van der Waals surface area contributed by atoms with Crippen molar-refractivity contribution in [2.75, 3.05) is 19.5 Å². The smallest absolute Gasteiger partial charge is 0.350 e. The summed E-state index contributed by atoms with van der Waals surface area (Å²) in [6, 6.07) is 8.36. The summed E-state index contributed by atoms with van der Waals surface area (Å²) in [5.41, 5.74) is 0.892. The second-order valence-electron chi connectivity index (χ2n) is 3.47. The van der Waals surface area contributed by atoms with Crippen molar-refractivity contribution in [1.82, 2.24) is 5.32 Å². The molecule has 1 amide bonds. The number of carbonyl (C=O) groups excluding carboxylic acids is 2. The van der Waals surface area contributed by atoms with Crippen LogP contribution in [0.15, 0.2) is 36.0 Å². The Bertz CT molecular complexity index is 558. The van der Waals surface area contributed by atoms with Gasteiger partial charge >= 0.3 is 5.97 Å². The maximum absolute atomic E-state index is 11.4. The molecule has 19 heavy (non-hydrogen) atoms. The number of nitrogens with zero attached hydrogens (tertiary/aromatic N) is 1. The Morgan fingerprint density at radius 2 is 2.16 bits per heavy atom. The highest BCUT2D eigenvalue weighted by molar-refractivity contribution is 5.95. The molecule has 0 fully saturated rings. The van der Waals surface area contributed by atoms with Crippen LogP contribution >= 0.6 is 0 Å². The molecule has 2 N–H and O–H groups in total. The van der Waals surface area contributed by atoms with Crippen LogP contribution in [0.3, 0.4) is 0 Å². The molecule has 1 aromatic carbocycles. The summed E-state index contributed by atoms with van der Waals surface area (Å²) in [6.45, 7) is 0. The lowest BCUT2D eigenvalue weighted by atomic mass is 10.2. The van der Waals surface area contributed by atoms with Crippen molar-refractivity contribution >= 4 is 17.6 Å². The van der Waals surface area contributed by atoms with Gasteiger partial charge in [0, 0.05) is 24.5 Å². The number of benzene rings is 1. The molecule has 0 unspecified atom stereocenters. The summed E-state index contributed by atoms with van der Waals surface area (Å²) in [5.74, 6) is -0.946. The number of nitriles is 1. The molecular weight excluding hydrogens is 246 g/mol. The van der Waals surface area contributed by atoms with E-state index in [0.29, 0.717) is 11.3 Å². The van der Waals surface area contributed by atoms with E-state index in [1.165, 1.54) is 20.4 Å². The summed E-state index contributed by atoms with van der Waals surface area (Å²) in [7, 11) is 2.73. The van der Waals surface area contributed by atoms with Crippen molar-refractivity contribution in [1.29, 1.82) is 5.26 Å². The van der Waals surface area contributed by atoms with E-state index in [4.69, 9.17) is 5.26 Å². The van der Waals surface area contributed by atoms with Crippen LogP contribution in [0.25, 0.3) is 0 Å². The van der Waals surface area contributed by atoms with Crippen LogP contribution in [0.1, 0.15) is 10.4 Å². The van der Waals surface area contributed by atoms with E-state index in [1.54, 1.807) is 30.3 Å². The summed E-state index contributed by atoms with van der Waals surface area (Å²) in [5, 5.41) is 14.0. The Morgan fingerprint density at radius 1 is 1.42 bits per heavy atom. The van der Waals surface area contributed by atoms with Crippen molar-refractivity contribution in [2.45, 2.75) is 0 Å². The fourth-order valence-corrected chi connectivity index (χ4v) is 1.30. The van der Waals surface area contributed by atoms with Gasteiger partial charge in [-0.15, -0.1) is 0 Å². The van der Waals surface area contributed by atoms with Gasteiger partial charge in [0.1, 0.15) is 6.07 Å². The topological polar surface area (TPSA) is 91.2 Å². The van der Waals surface area contributed by atoms with Gasteiger partial charge in [-0.05, 0) is 18.2 Å². The number of hydrogen-bond acceptors (Lipinski definition) is 5. The number of nitrogens with one attached hydrogen (secondary N) is 2. The minimum absolute atomic E-state index is 0.159. The molecule has 6 nitrogen and oxygen atoms in total. The largest absolute Gasteiger partial charge is 0.465 e. The maximum Gasteiger partial charge on any atom is 0.350 e. The highest BCUT2D eigenvalue weighted by atomic mass is 16.5. The number of carbonyl (C=O) groups is 2. The van der Waals surface area contributed by atoms with Crippen LogP contribution in [0.4, 0.5) is 5.69 Å². The number of hydrogen-bond donors (Lipinski definition) is 2. The van der Waals surface area contributed by atoms with Crippen LogP contribution < -0.4 is 10.6 Å². The quantitative estimate of drug-likeness (QED) is 0.479. The molecule has 1 aromatic rings. The van der Waals surface area contributed by atoms with Gasteiger partial charge in [-0.1, -0.05) is 6.07 Å². The van der Waals surface area contributed by atoms with E-state index in [1.807, 2.05) is 0 Å². The van der Waals surface area contributed by atoms with Crippen LogP contribution in [0, 0.1) is 11.3 Å². The first-order valence-corrected chi connectivity index (χ1v) is 5.39. The van der Waals surface area contributed by atoms with E-state index >= 15 is 0 Å². The molecule has 0 atom stereocenters. The van der Waals surface area contributed by atoms with Crippen molar-refractivity contribution in [3.8, 4) is 6.07 Å². The highest BCUT2D eigenvalue weighted by Crippen LogP contribution is 2.11. The fourth-order valence-electron chi connectivity index (χ4n) is 1.30. The molecule has 0 radical (unpaired) electrons. The standard InChI is InChI=1S/C13H13N3O3/c1-15-12(17)9-4-3-5-11(6-9)16-8-10(7-14)13(18)19-2/h3-6,8,16H,1-2H3,(H,15,17)/b10-8+. The summed E-state index contributed by atoms with van der Waals surface area (Å²) >= 11 is 0. The Hall–Kier alpha value is -2.81. The molecule has 0 aliphatic carbocycles. The molecule has 6 heteroatoms. The molecule has 0 bridgehead atoms. The first-order chi connectivity index (χ1) is 9.12. The van der Waals surface area contributed by atoms with Gasteiger partial charge in [-0.3, -0.25) is 4.79 Å². The first-order valence-electron chi connectivity index (χ1n) is 5.39. The third-order valence-corrected chi connectivity index (χ3v) is 2.26. The molecule has 0 aliphatic heterocycles. The van der Waals surface area contributed by atoms with Crippen LogP contribution in [0.2, 0.25) is 0 Å². The average molecular weight is 259 g/mol. The number of methoxy groups -OCH3 is 1. The molecule has 0 aromatic heterocycles. The molecule has 0 saturated carbocycles. The van der Waals surface area contributed by atoms with Crippen LogP contribution in [-0.4, -0.2) is 26.0 Å². The van der Waals surface area contributed by atoms with Gasteiger partial charge in [0.2, 0.25) is 0 Å². The van der Waals surface area contributed by atoms with E-state index in [0.717, 1.165) is 0 Å². The molecule has 0 saturated heterocycles. The minimum Gasteiger partial charge on any atom is -0.465 e. The molecule has 0 aliphatic rings. The third-order valence-electron chi connectivity index (χ3n) is 2.26. The van der Waals surface area contributed by atoms with Gasteiger partial charge in [0.25, 0.3) is 5.91 Å². The van der Waals surface area contributed by atoms with Crippen molar-refractivity contribution < 1.29 is 14.3 Å². The normalized spacial score (nSPS) is 10.3. The number of rotatable bonds is 4. The van der Waals surface area contributed by atoms with Gasteiger partial charge in [0.15, 0.2) is 5.57 Å². The van der Waals surface area contributed by atoms with Gasteiger partial charge in [-0.2, -0.15) is 5.26 Å². The fraction of sp³-hybridized carbons (Fsp3) is 0.154. The van der Waals surface area contributed by atoms with Crippen molar-refractivity contribution in [3.63, 3.8) is 0 Å². The Kier molecular flexibility index (Phi) is 5.11. The maximum atomic E-state index is 11.4. The zero-order chi connectivity index (χ0) is 14.3. The van der Waals surface area contributed by atoms with E-state index in [-0.39, 0.29) is 11.5 Å². The van der Waals surface area contributed by atoms with E-state index in [9.17, 15) is 9.59 Å². The molecule has 98 valence electrons. The third kappa shape index (κ3) is 3.85. The number of anilines is 1. The number of esters is 1. The number of amides is 1. The second kappa shape index (κ2) is 6.81. The monoisotopic (exact) mass is 259 g/mol. The summed E-state index contributed by atoms with van der Waals surface area (Å²) in [4.78, 5) is 22.6. The summed E-state index contributed by atoms with van der Waals surface area (Å²) < 4.78 is 4.44. The average Bonchev–Trinajstić information content (AvgIpc) is 2.46. The lowest BCUT2D eigenvalue weighted by molar-refractivity contribution is -0.135. The number of ether oxygens (including phenoxy) is 1. The lowest BCUT2D eigenvalue weighted by Crippen LogP contribution is -2.17. The zero-order valence-electron chi connectivity index (χ0n) is 10.6. The Morgan fingerprint density at radius 3 is 2.74 bits per heavy atom. The van der Waals surface area contributed by atoms with Gasteiger partial charge in [-0.25, -0.2) is 4.79 Å². The van der Waals surface area contributed by atoms with Crippen LogP contribution in [-0.2, 0) is 9.53 Å². The summed E-state index contributed by atoms with van der Waals surface area (Å²) in [6.07, 6.45) is 1.23. The predicted octanol–water partition coefficient (Wildman–Crippen LogP) is 1.04. The van der Waals surface area contributed by atoms with Gasteiger partial charge < -0.3 is 15.4 Å². The Balaban J connectivity index is 2.89. The lowest BCUT2D eigenvalue weighted by Gasteiger charge is -2.04.